The Bertz CT molecular complexity index is 1320. The fraction of sp³-hybridized carbons (Fsp3) is 0.357. The Hall–Kier alpha value is -3.52. The molecule has 2 aromatic carbocycles. The summed E-state index contributed by atoms with van der Waals surface area (Å²) in [6.07, 6.45) is 1.02. The van der Waals surface area contributed by atoms with Gasteiger partial charge in [-0.2, -0.15) is 0 Å². The average Bonchev–Trinajstić information content (AvgIpc) is 3.51. The molecule has 0 aliphatic heterocycles. The average molecular weight is 504 g/mol. The molecule has 0 radical (unpaired) electrons. The van der Waals surface area contributed by atoms with Gasteiger partial charge in [-0.1, -0.05) is 49.4 Å². The van der Waals surface area contributed by atoms with Crippen LogP contribution in [0.1, 0.15) is 63.4 Å². The van der Waals surface area contributed by atoms with E-state index in [4.69, 9.17) is 0 Å². The van der Waals surface area contributed by atoms with Crippen LogP contribution >= 0.6 is 11.3 Å². The number of hydrogen-bond acceptors (Lipinski definition) is 5. The van der Waals surface area contributed by atoms with Crippen LogP contribution in [-0.2, 0) is 16.1 Å². The molecule has 0 unspecified atom stereocenters. The number of anilines is 1. The van der Waals surface area contributed by atoms with Gasteiger partial charge in [-0.05, 0) is 74.4 Å². The van der Waals surface area contributed by atoms with Crippen LogP contribution in [0.4, 0.5) is 5.69 Å². The predicted octanol–water partition coefficient (Wildman–Crippen LogP) is 5.70. The van der Waals surface area contributed by atoms with Crippen molar-refractivity contribution in [2.24, 2.45) is 0 Å². The Morgan fingerprint density at radius 1 is 1.06 bits per heavy atom. The smallest absolute Gasteiger partial charge is 0.249 e. The van der Waals surface area contributed by atoms with E-state index in [0.717, 1.165) is 22.3 Å². The Kier molecular flexibility index (Phi) is 7.54. The highest BCUT2D eigenvalue weighted by Crippen LogP contribution is 2.33. The quantitative estimate of drug-likeness (QED) is 0.335. The maximum Gasteiger partial charge on any atom is 0.249 e. The van der Waals surface area contributed by atoms with Gasteiger partial charge in [0.05, 0.1) is 5.52 Å². The number of carbonyl (C=O) groups is 2. The van der Waals surface area contributed by atoms with Gasteiger partial charge < -0.3 is 5.32 Å². The predicted molar refractivity (Wildman–Crippen MR) is 145 cm³/mol. The van der Waals surface area contributed by atoms with E-state index in [0.29, 0.717) is 11.6 Å². The van der Waals surface area contributed by atoms with Crippen molar-refractivity contribution in [3.05, 3.63) is 76.5 Å². The Balaban J connectivity index is 1.78. The molecule has 7 nitrogen and oxygen atoms in total. The van der Waals surface area contributed by atoms with E-state index in [1.54, 1.807) is 9.58 Å². The van der Waals surface area contributed by atoms with Gasteiger partial charge in [0, 0.05) is 16.1 Å². The lowest BCUT2D eigenvalue weighted by Gasteiger charge is -2.33. The molecule has 0 saturated carbocycles. The molecule has 4 aromatic rings. The molecule has 0 spiro atoms. The molecule has 2 amide bonds. The number of amides is 2. The molecule has 36 heavy (non-hydrogen) atoms. The molecule has 0 saturated heterocycles. The van der Waals surface area contributed by atoms with Gasteiger partial charge in [0.2, 0.25) is 11.8 Å². The number of aromatic nitrogens is 3. The first-order chi connectivity index (χ1) is 17.2. The second-order valence-electron chi connectivity index (χ2n) is 10.1. The van der Waals surface area contributed by atoms with E-state index < -0.39 is 11.6 Å². The molecule has 0 bridgehead atoms. The number of fused-ring (bicyclic) bond motifs is 1. The van der Waals surface area contributed by atoms with E-state index in [2.05, 4.69) is 29.5 Å². The van der Waals surface area contributed by atoms with Crippen LogP contribution in [0.25, 0.3) is 11.0 Å². The summed E-state index contributed by atoms with van der Waals surface area (Å²) >= 11 is 1.46. The topological polar surface area (TPSA) is 80.1 Å². The molecule has 2 aromatic heterocycles. The van der Waals surface area contributed by atoms with Crippen molar-refractivity contribution < 1.29 is 9.59 Å². The van der Waals surface area contributed by atoms with Gasteiger partial charge in [0.1, 0.15) is 18.1 Å². The van der Waals surface area contributed by atoms with Gasteiger partial charge in [-0.3, -0.25) is 14.5 Å². The van der Waals surface area contributed by atoms with Gasteiger partial charge in [-0.15, -0.1) is 16.4 Å². The molecular weight excluding hydrogens is 470 g/mol. The monoisotopic (exact) mass is 503 g/mol. The summed E-state index contributed by atoms with van der Waals surface area (Å²) in [6.45, 7) is 10.1. The van der Waals surface area contributed by atoms with Gasteiger partial charge >= 0.3 is 0 Å². The molecule has 188 valence electrons. The summed E-state index contributed by atoms with van der Waals surface area (Å²) in [4.78, 5) is 30.1. The number of carbonyl (C=O) groups excluding carboxylic acids is 2. The molecule has 8 heteroatoms. The third kappa shape index (κ3) is 5.65. The number of para-hydroxylation sites is 1. The first-order valence-electron chi connectivity index (χ1n) is 12.2. The van der Waals surface area contributed by atoms with Crippen molar-refractivity contribution in [2.75, 3.05) is 4.90 Å². The van der Waals surface area contributed by atoms with Crippen LogP contribution < -0.4 is 10.2 Å². The van der Waals surface area contributed by atoms with Crippen molar-refractivity contribution >= 4 is 39.9 Å². The highest BCUT2D eigenvalue weighted by molar-refractivity contribution is 7.10. The molecule has 4 rings (SSSR count). The second-order valence-corrected chi connectivity index (χ2v) is 11.0. The van der Waals surface area contributed by atoms with Gasteiger partial charge in [0.15, 0.2) is 0 Å². The van der Waals surface area contributed by atoms with Crippen molar-refractivity contribution in [3.8, 4) is 0 Å². The Labute approximate surface area is 216 Å². The fourth-order valence-electron chi connectivity index (χ4n) is 4.13. The zero-order valence-corrected chi connectivity index (χ0v) is 22.2. The van der Waals surface area contributed by atoms with Crippen molar-refractivity contribution in [2.45, 2.75) is 65.1 Å². The van der Waals surface area contributed by atoms with Gasteiger partial charge in [-0.25, -0.2) is 4.68 Å². The van der Waals surface area contributed by atoms with E-state index in [-0.39, 0.29) is 18.4 Å². The Morgan fingerprint density at radius 2 is 1.78 bits per heavy atom. The lowest BCUT2D eigenvalue weighted by Crippen LogP contribution is -2.50. The molecule has 1 N–H and O–H groups in total. The van der Waals surface area contributed by atoms with Crippen LogP contribution in [0.2, 0.25) is 0 Å². The van der Waals surface area contributed by atoms with E-state index >= 15 is 0 Å². The molecule has 2 atom stereocenters. The first-order valence-corrected chi connectivity index (χ1v) is 13.1. The summed E-state index contributed by atoms with van der Waals surface area (Å²) in [6, 6.07) is 18.5. The lowest BCUT2D eigenvalue weighted by atomic mass is 9.98. The van der Waals surface area contributed by atoms with Crippen LogP contribution in [0, 0.1) is 0 Å². The zero-order valence-electron chi connectivity index (χ0n) is 21.4. The Morgan fingerprint density at radius 3 is 2.42 bits per heavy atom. The summed E-state index contributed by atoms with van der Waals surface area (Å²) < 4.78 is 1.59. The van der Waals surface area contributed by atoms with Crippen LogP contribution in [-0.4, -0.2) is 32.3 Å². The number of benzene rings is 2. The molecule has 0 aliphatic carbocycles. The first kappa shape index (κ1) is 25.6. The van der Waals surface area contributed by atoms with Crippen LogP contribution in [0.15, 0.2) is 66.0 Å². The summed E-state index contributed by atoms with van der Waals surface area (Å²) in [5.41, 5.74) is 2.89. The van der Waals surface area contributed by atoms with E-state index in [1.165, 1.54) is 16.9 Å². The third-order valence-corrected chi connectivity index (χ3v) is 7.07. The van der Waals surface area contributed by atoms with Gasteiger partial charge in [0.25, 0.3) is 0 Å². The van der Waals surface area contributed by atoms with E-state index in [9.17, 15) is 9.59 Å². The van der Waals surface area contributed by atoms with Crippen molar-refractivity contribution in [1.82, 2.24) is 20.3 Å². The molecule has 0 aliphatic rings. The molecular formula is C28H33N5O2S. The summed E-state index contributed by atoms with van der Waals surface area (Å²) in [5, 5.41) is 13.4. The van der Waals surface area contributed by atoms with Crippen molar-refractivity contribution in [1.29, 1.82) is 0 Å². The minimum atomic E-state index is -0.819. The molecule has 2 heterocycles. The van der Waals surface area contributed by atoms with Crippen LogP contribution in [0.5, 0.6) is 0 Å². The molecule has 0 fully saturated rings. The van der Waals surface area contributed by atoms with Crippen LogP contribution in [0.3, 0.4) is 0 Å². The number of nitrogens with zero attached hydrogens (tertiary/aromatic N) is 4. The maximum atomic E-state index is 14.0. The number of hydrogen-bond donors (Lipinski definition) is 1. The highest BCUT2D eigenvalue weighted by atomic mass is 32.1. The normalized spacial score (nSPS) is 13.4. The minimum Gasteiger partial charge on any atom is -0.349 e. The van der Waals surface area contributed by atoms with Crippen molar-refractivity contribution in [3.63, 3.8) is 0 Å². The minimum absolute atomic E-state index is 0.0434. The fourth-order valence-corrected chi connectivity index (χ4v) is 4.95. The number of nitrogens with one attached hydrogen (secondary N) is 1. The zero-order chi connectivity index (χ0) is 25.9. The highest BCUT2D eigenvalue weighted by Gasteiger charge is 2.35. The van der Waals surface area contributed by atoms with E-state index in [1.807, 2.05) is 86.8 Å². The number of rotatable bonds is 8. The lowest BCUT2D eigenvalue weighted by molar-refractivity contribution is -0.127. The summed E-state index contributed by atoms with van der Waals surface area (Å²) in [5.74, 6) is -0.0702. The SMILES string of the molecule is CC[C@H](C)c1ccc(N(C(=O)Cn2nnc3ccccc32)[C@@H](C(=O)NC(C)(C)C)c2cccs2)cc1. The standard InChI is InChI=1S/C28H33N5O2S/c1-6-19(2)20-13-15-21(16-14-20)33(25(34)18-32-23-11-8-7-10-22(23)30-31-32)26(24-12-9-17-36-24)27(35)29-28(3,4)5/h7-17,19,26H,6,18H2,1-5H3,(H,29,35)/t19-,26+/m0/s1. The summed E-state index contributed by atoms with van der Waals surface area (Å²) in [7, 11) is 0. The number of thiophene rings is 1. The maximum absolute atomic E-state index is 14.0. The largest absolute Gasteiger partial charge is 0.349 e. The second kappa shape index (κ2) is 10.6. The third-order valence-electron chi connectivity index (χ3n) is 6.14.